The van der Waals surface area contributed by atoms with Gasteiger partial charge in [-0.3, -0.25) is 0 Å². The molecule has 5 heteroatoms. The van der Waals surface area contributed by atoms with Crippen molar-refractivity contribution < 1.29 is 4.74 Å². The Morgan fingerprint density at radius 1 is 1.09 bits per heavy atom. The van der Waals surface area contributed by atoms with Crippen molar-refractivity contribution in [2.24, 2.45) is 0 Å². The summed E-state index contributed by atoms with van der Waals surface area (Å²) in [7, 11) is 0. The second-order valence-electron chi connectivity index (χ2n) is 4.64. The molecular weight excluding hydrogens is 312 g/mol. The maximum atomic E-state index is 5.90. The summed E-state index contributed by atoms with van der Waals surface area (Å²) >= 11 is 7.16. The highest BCUT2D eigenvalue weighted by Gasteiger charge is 2.05. The fourth-order valence-electron chi connectivity index (χ4n) is 1.86. The zero-order chi connectivity index (χ0) is 15.6. The first-order valence-electron chi connectivity index (χ1n) is 7.15. The number of para-hydroxylation sites is 3. The molecule has 0 aliphatic rings. The molecule has 0 aliphatic heterocycles. The number of ether oxygens (including phenoxy) is 1. The van der Waals surface area contributed by atoms with Crippen LogP contribution in [0.2, 0.25) is 0 Å². The number of anilines is 1. The Labute approximate surface area is 141 Å². The first-order chi connectivity index (χ1) is 10.8. The summed E-state index contributed by atoms with van der Waals surface area (Å²) in [5.74, 6) is 2.68. The maximum Gasteiger partial charge on any atom is 0.170 e. The molecule has 0 fully saturated rings. The molecule has 0 atom stereocenters. The largest absolute Gasteiger partial charge is 0.455 e. The molecule has 0 saturated heterocycles. The van der Waals surface area contributed by atoms with Crippen LogP contribution in [0.15, 0.2) is 54.6 Å². The van der Waals surface area contributed by atoms with Crippen molar-refractivity contribution in [3.63, 3.8) is 0 Å². The Morgan fingerprint density at radius 3 is 2.59 bits per heavy atom. The van der Waals surface area contributed by atoms with E-state index in [-0.39, 0.29) is 0 Å². The van der Waals surface area contributed by atoms with Gasteiger partial charge in [0.1, 0.15) is 5.75 Å². The molecule has 0 radical (unpaired) electrons. The quantitative estimate of drug-likeness (QED) is 0.575. The standard InChI is InChI=1S/C17H20N2OS2/c1-22-13-7-12-18-17(21)19-15-10-5-6-11-16(15)20-14-8-3-2-4-9-14/h2-6,8-11H,7,12-13H2,1H3,(H2,18,19,21). The Bertz CT molecular complexity index is 590. The molecule has 0 saturated carbocycles. The van der Waals surface area contributed by atoms with Crippen molar-refractivity contribution in [3.8, 4) is 11.5 Å². The smallest absolute Gasteiger partial charge is 0.170 e. The van der Waals surface area contributed by atoms with E-state index in [0.29, 0.717) is 5.11 Å². The summed E-state index contributed by atoms with van der Waals surface area (Å²) in [4.78, 5) is 0. The summed E-state index contributed by atoms with van der Waals surface area (Å²) < 4.78 is 5.90. The normalized spacial score (nSPS) is 10.0. The van der Waals surface area contributed by atoms with E-state index in [2.05, 4.69) is 16.9 Å². The molecule has 2 aromatic carbocycles. The number of nitrogens with one attached hydrogen (secondary N) is 2. The molecule has 0 spiro atoms. The number of thiocarbonyl (C=S) groups is 1. The van der Waals surface area contributed by atoms with Gasteiger partial charge in [0.2, 0.25) is 0 Å². The predicted octanol–water partition coefficient (Wildman–Crippen LogP) is 4.52. The van der Waals surface area contributed by atoms with E-state index in [9.17, 15) is 0 Å². The van der Waals surface area contributed by atoms with Gasteiger partial charge in [0.15, 0.2) is 10.9 Å². The Morgan fingerprint density at radius 2 is 1.82 bits per heavy atom. The molecule has 0 amide bonds. The van der Waals surface area contributed by atoms with Crippen molar-refractivity contribution in [2.75, 3.05) is 23.9 Å². The Hall–Kier alpha value is -1.72. The van der Waals surface area contributed by atoms with Gasteiger partial charge in [-0.2, -0.15) is 11.8 Å². The third kappa shape index (κ3) is 5.58. The van der Waals surface area contributed by atoms with Crippen LogP contribution in [0.3, 0.4) is 0 Å². The third-order valence-corrected chi connectivity index (χ3v) is 3.86. The molecule has 2 rings (SSSR count). The summed E-state index contributed by atoms with van der Waals surface area (Å²) in [6.45, 7) is 0.869. The number of benzene rings is 2. The van der Waals surface area contributed by atoms with Crippen LogP contribution >= 0.6 is 24.0 Å². The van der Waals surface area contributed by atoms with Gasteiger partial charge in [-0.05, 0) is 54.9 Å². The van der Waals surface area contributed by atoms with Gasteiger partial charge in [0.25, 0.3) is 0 Å². The zero-order valence-electron chi connectivity index (χ0n) is 12.5. The lowest BCUT2D eigenvalue weighted by atomic mass is 10.3. The van der Waals surface area contributed by atoms with E-state index < -0.39 is 0 Å². The number of thioether (sulfide) groups is 1. The van der Waals surface area contributed by atoms with Crippen LogP contribution in [0.5, 0.6) is 11.5 Å². The van der Waals surface area contributed by atoms with Gasteiger partial charge < -0.3 is 15.4 Å². The topological polar surface area (TPSA) is 33.3 Å². The molecule has 2 aromatic rings. The third-order valence-electron chi connectivity index (χ3n) is 2.92. The van der Waals surface area contributed by atoms with Crippen molar-refractivity contribution in [2.45, 2.75) is 6.42 Å². The van der Waals surface area contributed by atoms with Crippen molar-refractivity contribution in [1.82, 2.24) is 5.32 Å². The van der Waals surface area contributed by atoms with Gasteiger partial charge in [0, 0.05) is 6.54 Å². The lowest BCUT2D eigenvalue weighted by Crippen LogP contribution is -2.29. The van der Waals surface area contributed by atoms with E-state index in [4.69, 9.17) is 17.0 Å². The molecule has 0 heterocycles. The van der Waals surface area contributed by atoms with Crippen LogP contribution in [-0.2, 0) is 0 Å². The first kappa shape index (κ1) is 16.6. The van der Waals surface area contributed by atoms with E-state index in [1.54, 1.807) is 0 Å². The molecule has 3 nitrogen and oxygen atoms in total. The second kappa shape index (κ2) is 9.33. The summed E-state index contributed by atoms with van der Waals surface area (Å²) in [6, 6.07) is 17.5. The van der Waals surface area contributed by atoms with Crippen LogP contribution in [0.4, 0.5) is 5.69 Å². The zero-order valence-corrected chi connectivity index (χ0v) is 14.2. The predicted molar refractivity (Wildman–Crippen MR) is 100 cm³/mol. The molecule has 22 heavy (non-hydrogen) atoms. The van der Waals surface area contributed by atoms with Crippen molar-refractivity contribution in [1.29, 1.82) is 0 Å². The van der Waals surface area contributed by atoms with Gasteiger partial charge in [-0.15, -0.1) is 0 Å². The minimum Gasteiger partial charge on any atom is -0.455 e. The van der Waals surface area contributed by atoms with E-state index >= 15 is 0 Å². The summed E-state index contributed by atoms with van der Waals surface area (Å²) in [5.41, 5.74) is 0.855. The lowest BCUT2D eigenvalue weighted by Gasteiger charge is -2.14. The summed E-state index contributed by atoms with van der Waals surface area (Å²) in [6.07, 6.45) is 3.19. The second-order valence-corrected chi connectivity index (χ2v) is 6.03. The minimum atomic E-state index is 0.616. The van der Waals surface area contributed by atoms with Crippen LogP contribution in [-0.4, -0.2) is 23.7 Å². The van der Waals surface area contributed by atoms with Crippen LogP contribution in [0, 0.1) is 0 Å². The Balaban J connectivity index is 1.95. The molecule has 2 N–H and O–H groups in total. The van der Waals surface area contributed by atoms with Crippen LogP contribution in [0.1, 0.15) is 6.42 Å². The fourth-order valence-corrected chi connectivity index (χ4v) is 2.50. The molecule has 0 unspecified atom stereocenters. The SMILES string of the molecule is CSCCCNC(=S)Nc1ccccc1Oc1ccccc1. The fraction of sp³-hybridized carbons (Fsp3) is 0.235. The van der Waals surface area contributed by atoms with E-state index in [1.165, 1.54) is 0 Å². The van der Waals surface area contributed by atoms with Crippen molar-refractivity contribution >= 4 is 34.8 Å². The highest BCUT2D eigenvalue weighted by Crippen LogP contribution is 2.28. The number of hydrogen-bond acceptors (Lipinski definition) is 3. The molecular formula is C17H20N2OS2. The average Bonchev–Trinajstić information content (AvgIpc) is 2.54. The highest BCUT2D eigenvalue weighted by atomic mass is 32.2. The molecule has 116 valence electrons. The number of hydrogen-bond donors (Lipinski definition) is 2. The van der Waals surface area contributed by atoms with Crippen molar-refractivity contribution in [3.05, 3.63) is 54.6 Å². The maximum absolute atomic E-state index is 5.90. The molecule has 0 bridgehead atoms. The summed E-state index contributed by atoms with van der Waals surface area (Å²) in [5, 5.41) is 7.02. The highest BCUT2D eigenvalue weighted by molar-refractivity contribution is 7.98. The van der Waals surface area contributed by atoms with Crippen LogP contribution in [0.25, 0.3) is 0 Å². The Kier molecular flexibility index (Phi) is 7.06. The average molecular weight is 332 g/mol. The minimum absolute atomic E-state index is 0.616. The first-order valence-corrected chi connectivity index (χ1v) is 8.95. The van der Waals surface area contributed by atoms with E-state index in [1.807, 2.05) is 66.4 Å². The van der Waals surface area contributed by atoms with E-state index in [0.717, 1.165) is 35.9 Å². The molecule has 0 aliphatic carbocycles. The lowest BCUT2D eigenvalue weighted by molar-refractivity contribution is 0.485. The van der Waals surface area contributed by atoms with Gasteiger partial charge >= 0.3 is 0 Å². The molecule has 0 aromatic heterocycles. The van der Waals surface area contributed by atoms with Gasteiger partial charge in [-0.1, -0.05) is 30.3 Å². The van der Waals surface area contributed by atoms with Crippen LogP contribution < -0.4 is 15.4 Å². The van der Waals surface area contributed by atoms with Gasteiger partial charge in [-0.25, -0.2) is 0 Å². The number of rotatable bonds is 7. The van der Waals surface area contributed by atoms with Gasteiger partial charge in [0.05, 0.1) is 5.69 Å². The monoisotopic (exact) mass is 332 g/mol.